The molecular weight excluding hydrogens is 371 g/mol. The third kappa shape index (κ3) is 3.82. The van der Waals surface area contributed by atoms with Gasteiger partial charge in [-0.15, -0.1) is 0 Å². The highest BCUT2D eigenvalue weighted by Gasteiger charge is 2.33. The monoisotopic (exact) mass is 396 g/mol. The summed E-state index contributed by atoms with van der Waals surface area (Å²) in [6.07, 6.45) is 1.80. The second kappa shape index (κ2) is 7.83. The fourth-order valence-corrected chi connectivity index (χ4v) is 3.95. The zero-order valence-corrected chi connectivity index (χ0v) is 16.9. The number of methoxy groups -OCH3 is 1. The van der Waals surface area contributed by atoms with E-state index in [1.807, 2.05) is 29.2 Å². The van der Waals surface area contributed by atoms with Gasteiger partial charge in [-0.05, 0) is 43.7 Å². The first-order valence-electron chi connectivity index (χ1n) is 9.78. The van der Waals surface area contributed by atoms with Crippen LogP contribution in [0.5, 0.6) is 5.88 Å². The minimum atomic E-state index is -0.229. The number of halogens is 1. The lowest BCUT2D eigenvalue weighted by Crippen LogP contribution is -2.57. The van der Waals surface area contributed by atoms with Crippen molar-refractivity contribution in [2.75, 3.05) is 20.2 Å². The second-order valence-electron chi connectivity index (χ2n) is 7.67. The fourth-order valence-electron chi connectivity index (χ4n) is 3.95. The van der Waals surface area contributed by atoms with Gasteiger partial charge in [0, 0.05) is 43.3 Å². The van der Waals surface area contributed by atoms with E-state index in [4.69, 9.17) is 4.74 Å². The average molecular weight is 396 g/mol. The lowest BCUT2D eigenvalue weighted by Gasteiger charge is -2.44. The Hall–Kier alpha value is -2.93. The van der Waals surface area contributed by atoms with E-state index in [1.54, 1.807) is 6.20 Å². The standard InChI is InChI=1S/C22H25FN4O2/c1-14-12-27(15(2)11-26(14)13-16-4-6-18(23)7-5-16)22(28)19-10-17-8-9-24-20(17)25-21(19)29-3/h4-10,14-15H,11-13H2,1-3H3,(H,24,25)/t14-,15+/m0/s1. The smallest absolute Gasteiger partial charge is 0.259 e. The molecule has 0 saturated carbocycles. The van der Waals surface area contributed by atoms with Gasteiger partial charge in [0.25, 0.3) is 5.91 Å². The molecule has 1 aliphatic heterocycles. The molecular formula is C22H25FN4O2. The predicted octanol–water partition coefficient (Wildman–Crippen LogP) is 3.45. The van der Waals surface area contributed by atoms with Gasteiger partial charge in [0.05, 0.1) is 7.11 Å². The number of carbonyl (C=O) groups is 1. The van der Waals surface area contributed by atoms with Crippen LogP contribution >= 0.6 is 0 Å². The van der Waals surface area contributed by atoms with E-state index in [2.05, 4.69) is 28.7 Å². The number of benzene rings is 1. The van der Waals surface area contributed by atoms with Crippen LogP contribution in [0.25, 0.3) is 11.0 Å². The predicted molar refractivity (Wildman–Crippen MR) is 109 cm³/mol. The topological polar surface area (TPSA) is 61.5 Å². The Labute approximate surface area is 169 Å². The molecule has 1 aliphatic rings. The fraction of sp³-hybridized carbons (Fsp3) is 0.364. The van der Waals surface area contributed by atoms with Gasteiger partial charge < -0.3 is 14.6 Å². The average Bonchev–Trinajstić information content (AvgIpc) is 3.18. The molecule has 1 N–H and O–H groups in total. The number of rotatable bonds is 4. The highest BCUT2D eigenvalue weighted by molar-refractivity contribution is 5.99. The molecule has 7 heteroatoms. The van der Waals surface area contributed by atoms with Crippen LogP contribution in [-0.4, -0.2) is 58.0 Å². The van der Waals surface area contributed by atoms with Crippen LogP contribution in [0.4, 0.5) is 4.39 Å². The summed E-state index contributed by atoms with van der Waals surface area (Å²) in [7, 11) is 1.53. The maximum absolute atomic E-state index is 13.3. The normalized spacial score (nSPS) is 20.2. The Morgan fingerprint density at radius 2 is 1.97 bits per heavy atom. The molecule has 0 unspecified atom stereocenters. The van der Waals surface area contributed by atoms with E-state index in [0.717, 1.165) is 24.0 Å². The molecule has 2 atom stereocenters. The lowest BCUT2D eigenvalue weighted by molar-refractivity contribution is 0.0288. The van der Waals surface area contributed by atoms with Crippen molar-refractivity contribution in [3.63, 3.8) is 0 Å². The molecule has 152 valence electrons. The summed E-state index contributed by atoms with van der Waals surface area (Å²) in [5.41, 5.74) is 2.24. The SMILES string of the molecule is COc1nc2[nH]ccc2cc1C(=O)N1C[C@H](C)N(Cc2ccc(F)cc2)C[C@H]1C. The number of fused-ring (bicyclic) bond motifs is 1. The molecule has 1 saturated heterocycles. The number of amides is 1. The molecule has 1 aromatic carbocycles. The van der Waals surface area contributed by atoms with Crippen molar-refractivity contribution in [3.05, 3.63) is 59.5 Å². The summed E-state index contributed by atoms with van der Waals surface area (Å²) < 4.78 is 18.6. The van der Waals surface area contributed by atoms with E-state index >= 15 is 0 Å². The quantitative estimate of drug-likeness (QED) is 0.734. The molecule has 0 radical (unpaired) electrons. The second-order valence-corrected chi connectivity index (χ2v) is 7.67. The number of aromatic amines is 1. The summed E-state index contributed by atoms with van der Waals surface area (Å²) in [6.45, 7) is 6.24. The number of pyridine rings is 1. The largest absolute Gasteiger partial charge is 0.480 e. The molecule has 0 bridgehead atoms. The minimum Gasteiger partial charge on any atom is -0.480 e. The highest BCUT2D eigenvalue weighted by atomic mass is 19.1. The van der Waals surface area contributed by atoms with E-state index in [0.29, 0.717) is 23.6 Å². The summed E-state index contributed by atoms with van der Waals surface area (Å²) in [4.78, 5) is 25.0. The van der Waals surface area contributed by atoms with Crippen molar-refractivity contribution in [1.29, 1.82) is 0 Å². The summed E-state index contributed by atoms with van der Waals surface area (Å²) in [5, 5.41) is 0.879. The third-order valence-corrected chi connectivity index (χ3v) is 5.60. The van der Waals surface area contributed by atoms with Gasteiger partial charge in [-0.3, -0.25) is 9.69 Å². The van der Waals surface area contributed by atoms with Crippen LogP contribution in [0.3, 0.4) is 0 Å². The number of H-pyrrole nitrogens is 1. The number of carbonyl (C=O) groups excluding carboxylic acids is 1. The van der Waals surface area contributed by atoms with Crippen molar-refractivity contribution in [2.24, 2.45) is 0 Å². The maximum atomic E-state index is 13.3. The molecule has 3 aromatic rings. The van der Waals surface area contributed by atoms with Gasteiger partial charge in [0.1, 0.15) is 17.0 Å². The van der Waals surface area contributed by atoms with Gasteiger partial charge in [-0.2, -0.15) is 4.98 Å². The van der Waals surface area contributed by atoms with Crippen LogP contribution in [-0.2, 0) is 6.54 Å². The van der Waals surface area contributed by atoms with Crippen molar-refractivity contribution in [3.8, 4) is 5.88 Å². The Kier molecular flexibility index (Phi) is 5.24. The molecule has 3 heterocycles. The Bertz CT molecular complexity index is 1020. The number of ether oxygens (including phenoxy) is 1. The molecule has 6 nitrogen and oxygen atoms in total. The maximum Gasteiger partial charge on any atom is 0.259 e. The van der Waals surface area contributed by atoms with Gasteiger partial charge in [-0.1, -0.05) is 12.1 Å². The van der Waals surface area contributed by atoms with Gasteiger partial charge >= 0.3 is 0 Å². The Morgan fingerprint density at radius 1 is 1.21 bits per heavy atom. The number of nitrogens with zero attached hydrogens (tertiary/aromatic N) is 3. The molecule has 29 heavy (non-hydrogen) atoms. The minimum absolute atomic E-state index is 0.0331. The molecule has 1 fully saturated rings. The lowest BCUT2D eigenvalue weighted by atomic mass is 10.0. The number of aromatic nitrogens is 2. The van der Waals surface area contributed by atoms with E-state index in [-0.39, 0.29) is 23.8 Å². The molecule has 2 aromatic heterocycles. The Balaban J connectivity index is 1.53. The number of hydrogen-bond donors (Lipinski definition) is 1. The number of piperazine rings is 1. The first-order valence-corrected chi connectivity index (χ1v) is 9.78. The number of nitrogens with one attached hydrogen (secondary N) is 1. The van der Waals surface area contributed by atoms with Crippen molar-refractivity contribution >= 4 is 16.9 Å². The number of hydrogen-bond acceptors (Lipinski definition) is 4. The molecule has 0 aliphatic carbocycles. The summed E-state index contributed by atoms with van der Waals surface area (Å²) in [6, 6.07) is 10.5. The van der Waals surface area contributed by atoms with Crippen LogP contribution in [0.1, 0.15) is 29.8 Å². The van der Waals surface area contributed by atoms with Crippen LogP contribution in [0.15, 0.2) is 42.6 Å². The van der Waals surface area contributed by atoms with Crippen molar-refractivity contribution in [1.82, 2.24) is 19.8 Å². The summed E-state index contributed by atoms with van der Waals surface area (Å²) >= 11 is 0. The zero-order chi connectivity index (χ0) is 20.5. The molecule has 1 amide bonds. The first kappa shape index (κ1) is 19.4. The molecule has 4 rings (SSSR count). The highest BCUT2D eigenvalue weighted by Crippen LogP contribution is 2.26. The first-order chi connectivity index (χ1) is 14.0. The van der Waals surface area contributed by atoms with Crippen LogP contribution in [0, 0.1) is 5.82 Å². The van der Waals surface area contributed by atoms with Gasteiger partial charge in [-0.25, -0.2) is 4.39 Å². The van der Waals surface area contributed by atoms with Crippen molar-refractivity contribution in [2.45, 2.75) is 32.5 Å². The van der Waals surface area contributed by atoms with E-state index in [9.17, 15) is 9.18 Å². The van der Waals surface area contributed by atoms with E-state index < -0.39 is 0 Å². The van der Waals surface area contributed by atoms with Crippen LogP contribution < -0.4 is 4.74 Å². The van der Waals surface area contributed by atoms with Gasteiger partial charge in [0.2, 0.25) is 5.88 Å². The van der Waals surface area contributed by atoms with Gasteiger partial charge in [0.15, 0.2) is 0 Å². The molecule has 0 spiro atoms. The summed E-state index contributed by atoms with van der Waals surface area (Å²) in [5.74, 6) is 0.0318. The van der Waals surface area contributed by atoms with Crippen molar-refractivity contribution < 1.29 is 13.9 Å². The third-order valence-electron chi connectivity index (χ3n) is 5.60. The van der Waals surface area contributed by atoms with E-state index in [1.165, 1.54) is 19.2 Å². The Morgan fingerprint density at radius 3 is 2.69 bits per heavy atom. The zero-order valence-electron chi connectivity index (χ0n) is 16.9. The van der Waals surface area contributed by atoms with Crippen LogP contribution in [0.2, 0.25) is 0 Å².